The fourth-order valence-electron chi connectivity index (χ4n) is 0. The fourth-order valence-corrected chi connectivity index (χ4v) is 0. The van der Waals surface area contributed by atoms with Crippen LogP contribution in [0.1, 0.15) is 13.8 Å². The molecule has 0 rings (SSSR count). The lowest BCUT2D eigenvalue weighted by molar-refractivity contribution is 0.668. The van der Waals surface area contributed by atoms with Gasteiger partial charge in [-0.25, -0.2) is 0 Å². The summed E-state index contributed by atoms with van der Waals surface area (Å²) in [6.07, 6.45) is 0. The zero-order valence-corrected chi connectivity index (χ0v) is 4.08. The quantitative estimate of drug-likeness (QED) is 0.429. The minimum Gasteiger partial charge on any atom is -0.318 e. The first-order chi connectivity index (χ1) is 2.27. The molecule has 0 saturated heterocycles. The minimum absolute atomic E-state index is 0. The number of hydrogen-bond acceptors (Lipinski definition) is 1. The van der Waals surface area contributed by atoms with Crippen molar-refractivity contribution < 1.29 is 0 Å². The van der Waals surface area contributed by atoms with Gasteiger partial charge in [0.2, 0.25) is 0 Å². The highest BCUT2D eigenvalue weighted by Gasteiger charge is 1.76. The lowest BCUT2D eigenvalue weighted by Gasteiger charge is -1.95. The van der Waals surface area contributed by atoms with E-state index in [4.69, 9.17) is 0 Å². The maximum atomic E-state index is 3.03. The summed E-state index contributed by atoms with van der Waals surface area (Å²) in [4.78, 5) is 0. The fraction of sp³-hybridized carbons (Fsp3) is 1.00. The molecule has 0 aromatic heterocycles. The number of nitrogens with one attached hydrogen (secondary N) is 1. The van der Waals surface area contributed by atoms with E-state index in [-0.39, 0.29) is 11.0 Å². The molecule has 0 amide bonds. The van der Waals surface area contributed by atoms with Crippen LogP contribution in [-0.4, -0.2) is 24.1 Å². The van der Waals surface area contributed by atoms with Gasteiger partial charge >= 0.3 is 0 Å². The van der Waals surface area contributed by atoms with Gasteiger partial charge in [0.15, 0.2) is 0 Å². The van der Waals surface area contributed by atoms with E-state index >= 15 is 0 Å². The Bertz CT molecular complexity index is 21.5. The third kappa shape index (κ3) is 8.90. The summed E-state index contributed by atoms with van der Waals surface area (Å²) in [5, 5.41) is 3.03. The Hall–Kier alpha value is 0.177. The van der Waals surface area contributed by atoms with Gasteiger partial charge in [-0.05, 0) is 18.0 Å². The van der Waals surface area contributed by atoms with Crippen molar-refractivity contribution in [2.24, 2.45) is 0 Å². The molecule has 6 heavy (non-hydrogen) atoms. The average molecular weight is 105 g/mol. The largest absolute Gasteiger partial charge is 0.318 e. The van der Waals surface area contributed by atoms with E-state index in [1.807, 2.05) is 7.05 Å². The molecule has 0 fully saturated rings. The predicted octanol–water partition coefficient (Wildman–Crippen LogP) is -0.837. The van der Waals surface area contributed by atoms with Crippen LogP contribution in [0.5, 0.6) is 0 Å². The molecule has 0 aliphatic heterocycles. The summed E-state index contributed by atoms with van der Waals surface area (Å²) in [5.74, 6) is 0. The molecular formula is C4H15NSi. The van der Waals surface area contributed by atoms with Gasteiger partial charge in [0.05, 0.1) is 0 Å². The second-order valence-electron chi connectivity index (χ2n) is 1.44. The molecular weight excluding hydrogens is 90.1 g/mol. The molecule has 0 atom stereocenters. The van der Waals surface area contributed by atoms with E-state index < -0.39 is 0 Å². The van der Waals surface area contributed by atoms with Crippen molar-refractivity contribution in [3.05, 3.63) is 0 Å². The first-order valence-corrected chi connectivity index (χ1v) is 1.94. The van der Waals surface area contributed by atoms with E-state index in [1.54, 1.807) is 0 Å². The van der Waals surface area contributed by atoms with Crippen molar-refractivity contribution in [3.63, 3.8) is 0 Å². The van der Waals surface area contributed by atoms with Crippen LogP contribution in [0.25, 0.3) is 0 Å². The molecule has 0 radical (unpaired) electrons. The summed E-state index contributed by atoms with van der Waals surface area (Å²) in [7, 11) is 1.95. The molecule has 40 valence electrons. The van der Waals surface area contributed by atoms with E-state index in [0.29, 0.717) is 6.04 Å². The molecule has 0 aromatic carbocycles. The maximum absolute atomic E-state index is 3.03. The van der Waals surface area contributed by atoms with Crippen LogP contribution in [0.3, 0.4) is 0 Å². The van der Waals surface area contributed by atoms with Gasteiger partial charge in [0.25, 0.3) is 0 Å². The Kier molecular flexibility index (Phi) is 8.19. The van der Waals surface area contributed by atoms with Crippen LogP contribution in [0.15, 0.2) is 0 Å². The molecule has 0 bridgehead atoms. The first kappa shape index (κ1) is 9.49. The standard InChI is InChI=1S/C4H11N.H4Si/c1-4(2)5-3;/h4-5H,1-3H3;1H4. The average Bonchev–Trinajstić information content (AvgIpc) is 1.38. The highest BCUT2D eigenvalue weighted by Crippen LogP contribution is 1.66. The Balaban J connectivity index is 0. The van der Waals surface area contributed by atoms with Crippen molar-refractivity contribution in [2.45, 2.75) is 19.9 Å². The van der Waals surface area contributed by atoms with Gasteiger partial charge < -0.3 is 5.32 Å². The Morgan fingerprint density at radius 1 is 1.33 bits per heavy atom. The van der Waals surface area contributed by atoms with E-state index in [1.165, 1.54) is 0 Å². The monoisotopic (exact) mass is 105 g/mol. The van der Waals surface area contributed by atoms with Gasteiger partial charge in [-0.2, -0.15) is 0 Å². The molecule has 0 aliphatic rings. The third-order valence-corrected chi connectivity index (χ3v) is 0.577. The molecule has 0 unspecified atom stereocenters. The van der Waals surface area contributed by atoms with Gasteiger partial charge in [-0.3, -0.25) is 0 Å². The predicted molar refractivity (Wildman–Crippen MR) is 35.5 cm³/mol. The van der Waals surface area contributed by atoms with Gasteiger partial charge in [0.1, 0.15) is 0 Å². The molecule has 0 aromatic rings. The molecule has 2 heteroatoms. The molecule has 0 aliphatic carbocycles. The van der Waals surface area contributed by atoms with E-state index in [2.05, 4.69) is 19.2 Å². The smallest absolute Gasteiger partial charge is 0.000733 e. The second kappa shape index (κ2) is 5.18. The van der Waals surface area contributed by atoms with E-state index in [0.717, 1.165) is 0 Å². The van der Waals surface area contributed by atoms with Crippen molar-refractivity contribution in [3.8, 4) is 0 Å². The SMILES string of the molecule is CNC(C)C.[SiH4]. The minimum atomic E-state index is 0. The van der Waals surface area contributed by atoms with Crippen LogP contribution >= 0.6 is 0 Å². The zero-order chi connectivity index (χ0) is 4.28. The van der Waals surface area contributed by atoms with Crippen LogP contribution in [0.4, 0.5) is 0 Å². The summed E-state index contributed by atoms with van der Waals surface area (Å²) in [6.45, 7) is 4.22. The molecule has 0 spiro atoms. The van der Waals surface area contributed by atoms with Crippen LogP contribution in [0.2, 0.25) is 0 Å². The van der Waals surface area contributed by atoms with Crippen molar-refractivity contribution in [1.29, 1.82) is 0 Å². The van der Waals surface area contributed by atoms with Gasteiger partial charge in [-0.1, -0.05) is 13.8 Å². The Labute approximate surface area is 44.2 Å². The third-order valence-electron chi connectivity index (χ3n) is 0.577. The van der Waals surface area contributed by atoms with Crippen molar-refractivity contribution in [2.75, 3.05) is 7.05 Å². The summed E-state index contributed by atoms with van der Waals surface area (Å²) >= 11 is 0. The van der Waals surface area contributed by atoms with Gasteiger partial charge in [0, 0.05) is 6.04 Å². The summed E-state index contributed by atoms with van der Waals surface area (Å²) in [6, 6.07) is 0.634. The molecule has 1 nitrogen and oxygen atoms in total. The van der Waals surface area contributed by atoms with Crippen molar-refractivity contribution in [1.82, 2.24) is 5.32 Å². The summed E-state index contributed by atoms with van der Waals surface area (Å²) in [5.41, 5.74) is 0. The highest BCUT2D eigenvalue weighted by atomic mass is 28.1. The zero-order valence-electron chi connectivity index (χ0n) is 4.08. The normalized spacial score (nSPS) is 8.00. The topological polar surface area (TPSA) is 12.0 Å². The number of rotatable bonds is 1. The second-order valence-corrected chi connectivity index (χ2v) is 1.44. The maximum Gasteiger partial charge on any atom is 0.000733 e. The van der Waals surface area contributed by atoms with Crippen molar-refractivity contribution >= 4 is 11.0 Å². The summed E-state index contributed by atoms with van der Waals surface area (Å²) < 4.78 is 0. The van der Waals surface area contributed by atoms with Crippen LogP contribution < -0.4 is 5.32 Å². The molecule has 0 heterocycles. The first-order valence-electron chi connectivity index (χ1n) is 1.94. The molecule has 0 saturated carbocycles. The van der Waals surface area contributed by atoms with Crippen LogP contribution in [-0.2, 0) is 0 Å². The van der Waals surface area contributed by atoms with Crippen LogP contribution in [0, 0.1) is 0 Å². The molecule has 1 N–H and O–H groups in total. The lowest BCUT2D eigenvalue weighted by atomic mass is 10.4. The lowest BCUT2D eigenvalue weighted by Crippen LogP contribution is -2.15. The Morgan fingerprint density at radius 3 is 1.50 bits per heavy atom. The highest BCUT2D eigenvalue weighted by molar-refractivity contribution is 5.75. The Morgan fingerprint density at radius 2 is 1.50 bits per heavy atom. The van der Waals surface area contributed by atoms with E-state index in [9.17, 15) is 0 Å². The number of hydrogen-bond donors (Lipinski definition) is 1. The van der Waals surface area contributed by atoms with Gasteiger partial charge in [-0.15, -0.1) is 0 Å².